The Morgan fingerprint density at radius 1 is 1.30 bits per heavy atom. The van der Waals surface area contributed by atoms with Crippen molar-refractivity contribution in [3.05, 3.63) is 29.8 Å². The molecule has 0 atom stereocenters. The molecule has 9 heteroatoms. The van der Waals surface area contributed by atoms with Gasteiger partial charge in [-0.2, -0.15) is 23.4 Å². The zero-order valence-corrected chi connectivity index (χ0v) is 11.8. The van der Waals surface area contributed by atoms with Crippen molar-refractivity contribution in [3.63, 3.8) is 0 Å². The Bertz CT molecular complexity index is 561. The number of aromatic nitrogens is 4. The lowest BCUT2D eigenvalue weighted by Crippen LogP contribution is -2.17. The lowest BCUT2D eigenvalue weighted by atomic mass is 10.3. The van der Waals surface area contributed by atoms with Gasteiger partial charge in [0.05, 0.1) is 17.6 Å². The molecular weight excluding hydrogens is 295 g/mol. The predicted molar refractivity (Wildman–Crippen MR) is 70.8 cm³/mol. The monoisotopic (exact) mass is 309 g/mol. The first-order chi connectivity index (χ1) is 8.83. The predicted octanol–water partition coefficient (Wildman–Crippen LogP) is 2.52. The molecule has 0 amide bonds. The average Bonchev–Trinajstić information content (AvgIpc) is 2.80. The molecule has 0 aliphatic heterocycles. The Kier molecular flexibility index (Phi) is 5.04. The van der Waals surface area contributed by atoms with Gasteiger partial charge in [0, 0.05) is 31.5 Å². The molecule has 2 rings (SSSR count). The van der Waals surface area contributed by atoms with Crippen molar-refractivity contribution in [3.8, 4) is 0 Å². The molecule has 0 aliphatic carbocycles. The third kappa shape index (κ3) is 4.44. The quantitative estimate of drug-likeness (QED) is 0.944. The van der Waals surface area contributed by atoms with E-state index < -0.39 is 12.7 Å². The highest BCUT2D eigenvalue weighted by Gasteiger charge is 2.28. The Labute approximate surface area is 120 Å². The molecule has 2 aromatic heterocycles. The highest BCUT2D eigenvalue weighted by atomic mass is 35.5. The summed E-state index contributed by atoms with van der Waals surface area (Å²) in [6.07, 6.45) is 0.364. The largest absolute Gasteiger partial charge is 0.408 e. The second-order valence-electron chi connectivity index (χ2n) is 4.32. The van der Waals surface area contributed by atoms with Crippen molar-refractivity contribution < 1.29 is 13.2 Å². The van der Waals surface area contributed by atoms with E-state index in [9.17, 15) is 13.2 Å². The smallest absolute Gasteiger partial charge is 0.378 e. The summed E-state index contributed by atoms with van der Waals surface area (Å²) < 4.78 is 39.1. The molecule has 0 aliphatic rings. The third-order valence-electron chi connectivity index (χ3n) is 2.52. The molecule has 0 aromatic carbocycles. The van der Waals surface area contributed by atoms with Crippen LogP contribution in [0.1, 0.15) is 11.3 Å². The number of nitrogens with zero attached hydrogens (tertiary/aromatic N) is 4. The fourth-order valence-electron chi connectivity index (χ4n) is 1.74. The Morgan fingerprint density at radius 2 is 2.00 bits per heavy atom. The lowest BCUT2D eigenvalue weighted by molar-refractivity contribution is -0.142. The average molecular weight is 310 g/mol. The van der Waals surface area contributed by atoms with E-state index >= 15 is 0 Å². The molecule has 1 N–H and O–H groups in total. The maximum Gasteiger partial charge on any atom is 0.408 e. The molecule has 0 radical (unpaired) electrons. The Morgan fingerprint density at radius 3 is 2.55 bits per heavy atom. The van der Waals surface area contributed by atoms with Gasteiger partial charge in [0.2, 0.25) is 0 Å². The van der Waals surface area contributed by atoms with Crippen LogP contribution in [0.3, 0.4) is 0 Å². The van der Waals surface area contributed by atoms with Crippen molar-refractivity contribution in [2.75, 3.05) is 5.32 Å². The molecule has 2 aromatic rings. The van der Waals surface area contributed by atoms with Crippen LogP contribution in [0.5, 0.6) is 0 Å². The van der Waals surface area contributed by atoms with Crippen LogP contribution < -0.4 is 5.32 Å². The van der Waals surface area contributed by atoms with Gasteiger partial charge in [0.15, 0.2) is 0 Å². The molecule has 0 unspecified atom stereocenters. The van der Waals surface area contributed by atoms with Gasteiger partial charge in [-0.25, -0.2) is 0 Å². The summed E-state index contributed by atoms with van der Waals surface area (Å²) in [5.41, 5.74) is 2.38. The van der Waals surface area contributed by atoms with Crippen LogP contribution in [0.25, 0.3) is 0 Å². The number of nitrogens with one attached hydrogen (secondary N) is 1. The Balaban J connectivity index is 0.00000200. The third-order valence-corrected chi connectivity index (χ3v) is 2.52. The summed E-state index contributed by atoms with van der Waals surface area (Å²) in [5.74, 6) is 0. The minimum Gasteiger partial charge on any atom is -0.378 e. The molecule has 5 nitrogen and oxygen atoms in total. The standard InChI is InChI=1S/C11H14F3N5.ClH/c1-8-10(6-18(2)17-8)15-3-9-4-16-19(5-9)7-11(12,13)14;/h4-6,15H,3,7H2,1-2H3;1H. The molecule has 0 saturated carbocycles. The van der Waals surface area contributed by atoms with Gasteiger partial charge in [-0.05, 0) is 6.92 Å². The molecule has 2 heterocycles. The summed E-state index contributed by atoms with van der Waals surface area (Å²) >= 11 is 0. The van der Waals surface area contributed by atoms with E-state index in [1.54, 1.807) is 11.7 Å². The van der Waals surface area contributed by atoms with Crippen LogP contribution in [-0.4, -0.2) is 25.7 Å². The first-order valence-corrected chi connectivity index (χ1v) is 5.66. The SMILES string of the molecule is Cc1nn(C)cc1NCc1cnn(CC(F)(F)F)c1.Cl. The number of hydrogen-bond donors (Lipinski definition) is 1. The van der Waals surface area contributed by atoms with E-state index in [1.807, 2.05) is 13.1 Å². The van der Waals surface area contributed by atoms with E-state index in [1.165, 1.54) is 12.4 Å². The van der Waals surface area contributed by atoms with E-state index in [-0.39, 0.29) is 12.4 Å². The second kappa shape index (κ2) is 6.17. The summed E-state index contributed by atoms with van der Waals surface area (Å²) in [4.78, 5) is 0. The van der Waals surface area contributed by atoms with Gasteiger partial charge in [-0.15, -0.1) is 12.4 Å². The van der Waals surface area contributed by atoms with E-state index in [0.29, 0.717) is 12.1 Å². The maximum absolute atomic E-state index is 12.2. The zero-order valence-electron chi connectivity index (χ0n) is 11.0. The number of aryl methyl sites for hydroxylation is 2. The van der Waals surface area contributed by atoms with Crippen molar-refractivity contribution in [2.45, 2.75) is 26.2 Å². The highest BCUT2D eigenvalue weighted by Crippen LogP contribution is 2.17. The lowest BCUT2D eigenvalue weighted by Gasteiger charge is -2.05. The van der Waals surface area contributed by atoms with Crippen molar-refractivity contribution in [1.82, 2.24) is 19.6 Å². The summed E-state index contributed by atoms with van der Waals surface area (Å²) in [5, 5.41) is 10.9. The molecule has 20 heavy (non-hydrogen) atoms. The zero-order chi connectivity index (χ0) is 14.0. The van der Waals surface area contributed by atoms with Crippen LogP contribution >= 0.6 is 12.4 Å². The first-order valence-electron chi connectivity index (χ1n) is 5.66. The number of halogens is 4. The maximum atomic E-state index is 12.2. The van der Waals surface area contributed by atoms with E-state index in [4.69, 9.17) is 0 Å². The van der Waals surface area contributed by atoms with Crippen LogP contribution in [0, 0.1) is 6.92 Å². The fraction of sp³-hybridized carbons (Fsp3) is 0.455. The van der Waals surface area contributed by atoms with Gasteiger partial charge in [0.1, 0.15) is 6.54 Å². The fourth-order valence-corrected chi connectivity index (χ4v) is 1.74. The highest BCUT2D eigenvalue weighted by molar-refractivity contribution is 5.85. The molecule has 0 fully saturated rings. The molecular formula is C11H15ClF3N5. The van der Waals surface area contributed by atoms with Crippen LogP contribution in [-0.2, 0) is 20.1 Å². The van der Waals surface area contributed by atoms with Crippen LogP contribution in [0.2, 0.25) is 0 Å². The molecule has 0 saturated heterocycles. The summed E-state index contributed by atoms with van der Waals surface area (Å²) in [6, 6.07) is 0. The van der Waals surface area contributed by atoms with Gasteiger partial charge in [0.25, 0.3) is 0 Å². The second-order valence-corrected chi connectivity index (χ2v) is 4.32. The summed E-state index contributed by atoms with van der Waals surface area (Å²) in [7, 11) is 1.81. The van der Waals surface area contributed by atoms with Gasteiger partial charge < -0.3 is 5.32 Å². The van der Waals surface area contributed by atoms with Gasteiger partial charge >= 0.3 is 6.18 Å². The normalized spacial score (nSPS) is 11.2. The number of hydrogen-bond acceptors (Lipinski definition) is 3. The van der Waals surface area contributed by atoms with Crippen LogP contribution in [0.4, 0.5) is 18.9 Å². The van der Waals surface area contributed by atoms with E-state index in [0.717, 1.165) is 16.1 Å². The van der Waals surface area contributed by atoms with E-state index in [2.05, 4.69) is 15.5 Å². The van der Waals surface area contributed by atoms with Crippen molar-refractivity contribution in [1.29, 1.82) is 0 Å². The Hall–Kier alpha value is -1.70. The van der Waals surface area contributed by atoms with Crippen molar-refractivity contribution in [2.24, 2.45) is 7.05 Å². The number of rotatable bonds is 4. The molecule has 0 bridgehead atoms. The minimum absolute atomic E-state index is 0. The topological polar surface area (TPSA) is 47.7 Å². The van der Waals surface area contributed by atoms with Crippen LogP contribution in [0.15, 0.2) is 18.6 Å². The van der Waals surface area contributed by atoms with Gasteiger partial charge in [-0.3, -0.25) is 9.36 Å². The number of anilines is 1. The first kappa shape index (κ1) is 16.4. The van der Waals surface area contributed by atoms with Gasteiger partial charge in [-0.1, -0.05) is 0 Å². The molecule has 0 spiro atoms. The van der Waals surface area contributed by atoms with Crippen molar-refractivity contribution >= 4 is 18.1 Å². The summed E-state index contributed by atoms with van der Waals surface area (Å²) in [6.45, 7) is 1.19. The number of alkyl halides is 3. The molecule has 112 valence electrons. The minimum atomic E-state index is -4.25.